The van der Waals surface area contributed by atoms with Crippen molar-refractivity contribution in [1.29, 1.82) is 0 Å². The largest absolute Gasteiger partial charge is 0.508 e. The van der Waals surface area contributed by atoms with E-state index in [4.69, 9.17) is 0 Å². The van der Waals surface area contributed by atoms with Crippen LogP contribution in [0.3, 0.4) is 0 Å². The van der Waals surface area contributed by atoms with Crippen LogP contribution in [0.1, 0.15) is 30.9 Å². The summed E-state index contributed by atoms with van der Waals surface area (Å²) in [6, 6.07) is 4.87. The van der Waals surface area contributed by atoms with Gasteiger partial charge in [-0.25, -0.2) is 0 Å². The number of hydrogen-bond donors (Lipinski definition) is 3. The van der Waals surface area contributed by atoms with Crippen LogP contribution in [-0.4, -0.2) is 16.8 Å². The maximum absolute atomic E-state index is 9.64. The molecule has 0 unspecified atom stereocenters. The molecular weight excluding hydrogens is 214 g/mol. The van der Waals surface area contributed by atoms with Crippen molar-refractivity contribution < 1.29 is 10.2 Å². The van der Waals surface area contributed by atoms with Crippen molar-refractivity contribution in [2.24, 2.45) is 0 Å². The molecule has 1 aromatic rings. The first kappa shape index (κ1) is 12.1. The number of aromatic hydroxyl groups is 2. The fraction of sp³-hybridized carbons (Fsp3) is 0.455. The van der Waals surface area contributed by atoms with Crippen LogP contribution in [-0.2, 0) is 0 Å². The molecule has 0 amide bonds. The van der Waals surface area contributed by atoms with Gasteiger partial charge in [-0.2, -0.15) is 0 Å². The topological polar surface area (TPSA) is 52.5 Å². The molecule has 15 heavy (non-hydrogen) atoms. The van der Waals surface area contributed by atoms with Crippen molar-refractivity contribution in [3.63, 3.8) is 0 Å². The van der Waals surface area contributed by atoms with Crippen molar-refractivity contribution in [1.82, 2.24) is 5.32 Å². The van der Waals surface area contributed by atoms with Crippen LogP contribution in [0.2, 0.25) is 0 Å². The molecule has 0 bridgehead atoms. The molecule has 1 heterocycles. The number of nitrogens with one attached hydrogen (secondary N) is 1. The van der Waals surface area contributed by atoms with E-state index in [0.717, 1.165) is 18.5 Å². The summed E-state index contributed by atoms with van der Waals surface area (Å²) in [6.45, 7) is 0.986. The third-order valence-corrected chi connectivity index (χ3v) is 2.70. The Morgan fingerprint density at radius 2 is 2.00 bits per heavy atom. The number of halogens is 1. The minimum absolute atomic E-state index is 0. The Kier molecular flexibility index (Phi) is 4.24. The lowest BCUT2D eigenvalue weighted by Crippen LogP contribution is -2.26. The minimum Gasteiger partial charge on any atom is -0.508 e. The molecule has 1 atom stereocenters. The van der Waals surface area contributed by atoms with Crippen LogP contribution in [0.25, 0.3) is 0 Å². The van der Waals surface area contributed by atoms with Crippen LogP contribution in [0.4, 0.5) is 0 Å². The van der Waals surface area contributed by atoms with Crippen LogP contribution in [0.5, 0.6) is 11.5 Å². The molecule has 3 N–H and O–H groups in total. The Morgan fingerprint density at radius 1 is 1.20 bits per heavy atom. The number of rotatable bonds is 1. The Labute approximate surface area is 95.5 Å². The van der Waals surface area contributed by atoms with Gasteiger partial charge in [0, 0.05) is 11.6 Å². The normalized spacial score (nSPS) is 20.7. The second kappa shape index (κ2) is 5.24. The van der Waals surface area contributed by atoms with Gasteiger partial charge in [0.15, 0.2) is 0 Å². The van der Waals surface area contributed by atoms with Crippen molar-refractivity contribution >= 4 is 12.4 Å². The maximum atomic E-state index is 9.64. The summed E-state index contributed by atoms with van der Waals surface area (Å²) < 4.78 is 0. The standard InChI is InChI=1S/C11H15NO2.ClH/c13-8-4-5-11(14)9(7-8)10-3-1-2-6-12-10;/h4-5,7,10,12-14H,1-3,6H2;1H/t10-;/m1./s1. The summed E-state index contributed by atoms with van der Waals surface area (Å²) in [6.07, 6.45) is 3.39. The zero-order valence-corrected chi connectivity index (χ0v) is 9.26. The molecule has 0 spiro atoms. The average molecular weight is 230 g/mol. The highest BCUT2D eigenvalue weighted by molar-refractivity contribution is 5.85. The predicted molar refractivity (Wildman–Crippen MR) is 61.6 cm³/mol. The highest BCUT2D eigenvalue weighted by Crippen LogP contribution is 2.32. The van der Waals surface area contributed by atoms with Crippen molar-refractivity contribution in [3.8, 4) is 11.5 Å². The van der Waals surface area contributed by atoms with Crippen molar-refractivity contribution in [3.05, 3.63) is 23.8 Å². The van der Waals surface area contributed by atoms with Gasteiger partial charge in [-0.1, -0.05) is 6.42 Å². The number of benzene rings is 1. The lowest BCUT2D eigenvalue weighted by atomic mass is 9.97. The van der Waals surface area contributed by atoms with Crippen LogP contribution in [0, 0.1) is 0 Å². The van der Waals surface area contributed by atoms with E-state index < -0.39 is 0 Å². The molecule has 2 rings (SSSR count). The Balaban J connectivity index is 0.00000112. The van der Waals surface area contributed by atoms with E-state index in [0.29, 0.717) is 0 Å². The van der Waals surface area contributed by atoms with E-state index in [1.807, 2.05) is 0 Å². The second-order valence-corrected chi connectivity index (χ2v) is 3.75. The average Bonchev–Trinajstić information content (AvgIpc) is 2.23. The molecule has 0 saturated carbocycles. The predicted octanol–water partition coefficient (Wildman–Crippen LogP) is 2.33. The Morgan fingerprint density at radius 3 is 2.67 bits per heavy atom. The fourth-order valence-electron chi connectivity index (χ4n) is 1.94. The quantitative estimate of drug-likeness (QED) is 0.648. The van der Waals surface area contributed by atoms with Crippen LogP contribution < -0.4 is 5.32 Å². The summed E-state index contributed by atoms with van der Waals surface area (Å²) in [4.78, 5) is 0. The van der Waals surface area contributed by atoms with Gasteiger partial charge < -0.3 is 15.5 Å². The van der Waals surface area contributed by atoms with E-state index in [2.05, 4.69) is 5.32 Å². The van der Waals surface area contributed by atoms with E-state index >= 15 is 0 Å². The van der Waals surface area contributed by atoms with Gasteiger partial charge >= 0.3 is 0 Å². The third-order valence-electron chi connectivity index (χ3n) is 2.70. The summed E-state index contributed by atoms with van der Waals surface area (Å²) in [5, 5.41) is 22.3. The Bertz CT molecular complexity index is 324. The maximum Gasteiger partial charge on any atom is 0.120 e. The van der Waals surface area contributed by atoms with Gasteiger partial charge in [0.1, 0.15) is 11.5 Å². The molecule has 0 aliphatic carbocycles. The summed E-state index contributed by atoms with van der Waals surface area (Å²) in [7, 11) is 0. The third kappa shape index (κ3) is 2.76. The van der Waals surface area contributed by atoms with Gasteiger partial charge in [0.2, 0.25) is 0 Å². The van der Waals surface area contributed by atoms with E-state index in [1.165, 1.54) is 18.9 Å². The van der Waals surface area contributed by atoms with Gasteiger partial charge in [-0.05, 0) is 37.6 Å². The van der Waals surface area contributed by atoms with Crippen LogP contribution >= 0.6 is 12.4 Å². The van der Waals surface area contributed by atoms with E-state index in [-0.39, 0.29) is 29.9 Å². The Hall–Kier alpha value is -0.930. The summed E-state index contributed by atoms with van der Waals surface area (Å²) in [5.74, 6) is 0.479. The van der Waals surface area contributed by atoms with Crippen LogP contribution in [0.15, 0.2) is 18.2 Å². The SMILES string of the molecule is Cl.Oc1ccc(O)c([C@H]2CCCCN2)c1. The fourth-order valence-corrected chi connectivity index (χ4v) is 1.94. The molecule has 1 aliphatic rings. The highest BCUT2D eigenvalue weighted by atomic mass is 35.5. The smallest absolute Gasteiger partial charge is 0.120 e. The summed E-state index contributed by atoms with van der Waals surface area (Å²) in [5.41, 5.74) is 0.810. The molecule has 1 saturated heterocycles. The number of piperidine rings is 1. The van der Waals surface area contributed by atoms with E-state index in [9.17, 15) is 10.2 Å². The number of phenolic OH excluding ortho intramolecular Hbond substituents is 2. The molecule has 4 heteroatoms. The first-order chi connectivity index (χ1) is 6.77. The minimum atomic E-state index is 0. The zero-order chi connectivity index (χ0) is 9.97. The monoisotopic (exact) mass is 229 g/mol. The molecule has 0 aromatic heterocycles. The second-order valence-electron chi connectivity index (χ2n) is 3.75. The van der Waals surface area contributed by atoms with Crippen molar-refractivity contribution in [2.45, 2.75) is 25.3 Å². The molecule has 1 aliphatic heterocycles. The number of hydrogen-bond acceptors (Lipinski definition) is 3. The first-order valence-corrected chi connectivity index (χ1v) is 5.02. The highest BCUT2D eigenvalue weighted by Gasteiger charge is 2.17. The van der Waals surface area contributed by atoms with Gasteiger partial charge in [0.05, 0.1) is 0 Å². The molecule has 84 valence electrons. The van der Waals surface area contributed by atoms with Gasteiger partial charge in [-0.3, -0.25) is 0 Å². The molecule has 1 aromatic carbocycles. The van der Waals surface area contributed by atoms with Crippen molar-refractivity contribution in [2.75, 3.05) is 6.54 Å². The lowest BCUT2D eigenvalue weighted by Gasteiger charge is -2.24. The van der Waals surface area contributed by atoms with Gasteiger partial charge in [-0.15, -0.1) is 12.4 Å². The molecular formula is C11H16ClNO2. The first-order valence-electron chi connectivity index (χ1n) is 5.02. The van der Waals surface area contributed by atoms with E-state index in [1.54, 1.807) is 12.1 Å². The van der Waals surface area contributed by atoms with Gasteiger partial charge in [0.25, 0.3) is 0 Å². The zero-order valence-electron chi connectivity index (χ0n) is 8.44. The molecule has 1 fully saturated rings. The molecule has 3 nitrogen and oxygen atoms in total. The lowest BCUT2D eigenvalue weighted by molar-refractivity contribution is 0.387. The number of phenols is 2. The summed E-state index contributed by atoms with van der Waals surface area (Å²) >= 11 is 0. The molecule has 0 radical (unpaired) electrons.